The number of rotatable bonds is 20. The van der Waals surface area contributed by atoms with Crippen LogP contribution >= 0.6 is 0 Å². The molecule has 0 radical (unpaired) electrons. The molecule has 28 heteroatoms. The van der Waals surface area contributed by atoms with Crippen molar-refractivity contribution in [2.24, 2.45) is 81.8 Å². The summed E-state index contributed by atoms with van der Waals surface area (Å²) in [6.07, 6.45) is 19.0. The number of ketones is 2. The van der Waals surface area contributed by atoms with Gasteiger partial charge in [0.25, 0.3) is 0 Å². The Morgan fingerprint density at radius 1 is 0.508 bits per heavy atom. The molecule has 0 spiro atoms. The van der Waals surface area contributed by atoms with Crippen LogP contribution in [0.4, 0.5) is 11.6 Å². The van der Waals surface area contributed by atoms with Crippen LogP contribution in [0.15, 0.2) is 72.8 Å². The van der Waals surface area contributed by atoms with E-state index in [0.29, 0.717) is 110 Å². The summed E-state index contributed by atoms with van der Waals surface area (Å²) in [5, 5.41) is 3.16. The summed E-state index contributed by atoms with van der Waals surface area (Å²) in [4.78, 5) is 132. The van der Waals surface area contributed by atoms with E-state index in [9.17, 15) is 45.6 Å². The summed E-state index contributed by atoms with van der Waals surface area (Å²) in [5.74, 6) is 0.401. The molecular formula is C90H120N8O18S2. The second kappa shape index (κ2) is 32.9. The Labute approximate surface area is 694 Å². The summed E-state index contributed by atoms with van der Waals surface area (Å²) in [6, 6.07) is 13.1. The van der Waals surface area contributed by atoms with Crippen molar-refractivity contribution in [1.29, 1.82) is 0 Å². The minimum Gasteiger partial charge on any atom is -0.497 e. The highest BCUT2D eigenvalue weighted by atomic mass is 32.2. The van der Waals surface area contributed by atoms with E-state index in [1.54, 1.807) is 37.9 Å². The molecule has 16 rings (SSSR count). The number of amides is 4. The number of hydrogen-bond acceptors (Lipinski definition) is 22. The van der Waals surface area contributed by atoms with Gasteiger partial charge in [-0.05, 0) is 248 Å². The van der Waals surface area contributed by atoms with Crippen molar-refractivity contribution in [2.45, 2.75) is 242 Å². The second-order valence-corrected chi connectivity index (χ2v) is 42.8. The number of methoxy groups -OCH3 is 2. The highest BCUT2D eigenvalue weighted by Crippen LogP contribution is 2.60. The summed E-state index contributed by atoms with van der Waals surface area (Å²) in [7, 11) is 2.82. The number of aromatic nitrogens is 2. The normalized spacial score (nSPS) is 34.3. The molecule has 6 heterocycles. The first kappa shape index (κ1) is 84.6. The van der Waals surface area contributed by atoms with Crippen molar-refractivity contribution >= 4 is 100 Å². The molecule has 4 aliphatic heterocycles. The van der Waals surface area contributed by atoms with Gasteiger partial charge in [-0.2, -0.15) is 9.97 Å². The lowest BCUT2D eigenvalue weighted by atomic mass is 9.82. The predicted molar refractivity (Wildman–Crippen MR) is 444 cm³/mol. The fourth-order valence-corrected chi connectivity index (χ4v) is 22.8. The number of fused-ring (bicyclic) bond motifs is 8. The van der Waals surface area contributed by atoms with Gasteiger partial charge in [-0.15, -0.1) is 0 Å². The van der Waals surface area contributed by atoms with Crippen LogP contribution in [0, 0.1) is 81.8 Å². The minimum atomic E-state index is -3.96. The third-order valence-corrected chi connectivity index (χ3v) is 33.1. The zero-order chi connectivity index (χ0) is 84.0. The van der Waals surface area contributed by atoms with Crippen molar-refractivity contribution in [3.05, 3.63) is 72.8 Å². The SMILES string of the molecule is COc1ccc2c(O[C@@H]3C[C@H]4C(=O)C[C@]5(C(=O)NS(=O)(=O)C6(C)CC6)C[C@H]5/C=C\CC[C@@H](C)C[C@@H](C)[C@H](CC(=O)OC5C[C@@H]6C[C@@H]6C5)C(=O)N4C3)nc(N(C)C)cc2c1.COc1ccc2c(O[C@@H]3C[C@H]4C(=O)C[C@]5(C(=O)NS(=O)(=O)C6(C)CC6)C[C@H]5/C=C\CC[C@H](C)C[C@@H](C)[C@H](CC(=O)OC5C[C@@H]6C[C@@H]6C5)C(=O)N4C3)nc(N(C)C)cc2c1. The molecule has 2 unspecified atom stereocenters. The molecule has 12 aliphatic rings. The van der Waals surface area contributed by atoms with Gasteiger partial charge in [0.15, 0.2) is 11.6 Å². The first-order chi connectivity index (χ1) is 56.0. The van der Waals surface area contributed by atoms with E-state index in [1.165, 1.54) is 12.8 Å². The van der Waals surface area contributed by atoms with Crippen molar-refractivity contribution < 1.29 is 83.6 Å². The van der Waals surface area contributed by atoms with Crippen LogP contribution < -0.4 is 38.2 Å². The maximum atomic E-state index is 15.1. The Morgan fingerprint density at radius 3 is 1.23 bits per heavy atom. The smallest absolute Gasteiger partial charge is 0.306 e. The Kier molecular flexibility index (Phi) is 23.6. The molecule has 2 aromatic carbocycles. The van der Waals surface area contributed by atoms with Crippen LogP contribution in [0.3, 0.4) is 0 Å². The van der Waals surface area contributed by atoms with Gasteiger partial charge in [-0.1, -0.05) is 52.0 Å². The fraction of sp³-hybridized carbons (Fsp3) is 0.667. The zero-order valence-electron chi connectivity index (χ0n) is 70.6. The average molecular weight is 1670 g/mol. The number of carbonyl (C=O) groups is 8. The van der Waals surface area contributed by atoms with Gasteiger partial charge in [0.1, 0.15) is 47.6 Å². The molecular weight excluding hydrogens is 1550 g/mol. The maximum absolute atomic E-state index is 15.1. The van der Waals surface area contributed by atoms with Crippen molar-refractivity contribution in [3.63, 3.8) is 0 Å². The molecule has 10 fully saturated rings. The lowest BCUT2D eigenvalue weighted by molar-refractivity contribution is -0.155. The van der Waals surface area contributed by atoms with E-state index in [4.69, 9.17) is 38.4 Å². The molecule has 640 valence electrons. The van der Waals surface area contributed by atoms with Crippen molar-refractivity contribution in [2.75, 3.05) is 65.3 Å². The van der Waals surface area contributed by atoms with Crippen LogP contribution in [-0.4, -0.2) is 185 Å². The summed E-state index contributed by atoms with van der Waals surface area (Å²) >= 11 is 0. The first-order valence-corrected chi connectivity index (χ1v) is 46.1. The molecule has 4 amide bonds. The highest BCUT2D eigenvalue weighted by molar-refractivity contribution is 7.92. The Hall–Kier alpha value is -8.40. The molecule has 4 aromatic rings. The standard InChI is InChI=1S/2C45H60N4O9S/c2*1-26-9-7-8-10-31-23-45(31,43(53)47-59(54,55)44(3)13-14-44)24-38(50)37-21-34(58-41-35-12-11-32(56-6)19-30(35)20-39(46-41)48(4)5)25-49(37)42(52)36(27(2)15-26)22-40(51)57-33-17-28-16-29(28)18-33/h2*8,10-12,19-20,26-29,31,33-34,36-37H,7,9,13-18,21-25H2,1-6H3,(H,47,53)/b2*10-8-/t26-,27+,28-,29+,31+,33?,34+,36-,37-,45+;26-,27-,28-,29+,31-,33?,34-,36+,37+,45-/m01/s1. The second-order valence-electron chi connectivity index (χ2n) is 38.4. The third kappa shape index (κ3) is 17.9. The van der Waals surface area contributed by atoms with Gasteiger partial charge in [-0.25, -0.2) is 16.8 Å². The van der Waals surface area contributed by atoms with E-state index in [2.05, 4.69) is 23.3 Å². The first-order valence-electron chi connectivity index (χ1n) is 43.2. The number of ether oxygens (including phenoxy) is 6. The third-order valence-electron chi connectivity index (χ3n) is 28.8. The van der Waals surface area contributed by atoms with Gasteiger partial charge in [0.05, 0.1) is 84.4 Å². The monoisotopic (exact) mass is 1660 g/mol. The van der Waals surface area contributed by atoms with Gasteiger partial charge in [0.2, 0.25) is 55.4 Å². The van der Waals surface area contributed by atoms with Crippen LogP contribution in [-0.2, 0) is 67.9 Å². The topological polar surface area (TPSA) is 323 Å². The predicted octanol–water partition coefficient (Wildman–Crippen LogP) is 12.0. The molecule has 2 N–H and O–H groups in total. The fourth-order valence-electron chi connectivity index (χ4n) is 20.1. The van der Waals surface area contributed by atoms with Crippen molar-refractivity contribution in [1.82, 2.24) is 29.2 Å². The van der Waals surface area contributed by atoms with Gasteiger partial charge >= 0.3 is 11.9 Å². The summed E-state index contributed by atoms with van der Waals surface area (Å²) < 4.78 is 92.3. The summed E-state index contributed by atoms with van der Waals surface area (Å²) in [5.41, 5.74) is -2.53. The maximum Gasteiger partial charge on any atom is 0.306 e. The zero-order valence-corrected chi connectivity index (χ0v) is 72.2. The van der Waals surface area contributed by atoms with Gasteiger partial charge < -0.3 is 48.0 Å². The number of hydrogen-bond donors (Lipinski definition) is 2. The number of benzene rings is 2. The Morgan fingerprint density at radius 2 is 0.881 bits per heavy atom. The number of carbonyl (C=O) groups excluding carboxylic acids is 8. The molecule has 2 aromatic heterocycles. The molecule has 8 saturated carbocycles. The largest absolute Gasteiger partial charge is 0.497 e. The van der Waals surface area contributed by atoms with Crippen LogP contribution in [0.1, 0.15) is 196 Å². The number of Topliss-reactive ketones (excluding diaryl/α,β-unsaturated/α-hetero) is 2. The average Bonchev–Trinajstić information content (AvgIpc) is 1.56. The number of allylic oxidation sites excluding steroid dienone is 4. The number of nitrogens with one attached hydrogen (secondary N) is 2. The van der Waals surface area contributed by atoms with Crippen LogP contribution in [0.2, 0.25) is 0 Å². The number of nitrogens with zero attached hydrogens (tertiary/aromatic N) is 6. The van der Waals surface area contributed by atoms with E-state index in [1.807, 2.05) is 125 Å². The van der Waals surface area contributed by atoms with Crippen LogP contribution in [0.5, 0.6) is 23.3 Å². The van der Waals surface area contributed by atoms with Crippen molar-refractivity contribution in [3.8, 4) is 23.3 Å². The number of sulfonamides is 2. The molecule has 20 atom stereocenters. The van der Waals surface area contributed by atoms with Crippen LogP contribution in [0.25, 0.3) is 21.5 Å². The van der Waals surface area contributed by atoms with Gasteiger partial charge in [0, 0.05) is 64.6 Å². The molecule has 26 nitrogen and oxygen atoms in total. The molecule has 0 bridgehead atoms. The van der Waals surface area contributed by atoms with Gasteiger partial charge in [-0.3, -0.25) is 47.8 Å². The lowest BCUT2D eigenvalue weighted by Crippen LogP contribution is -2.48. The molecule has 118 heavy (non-hydrogen) atoms. The highest BCUT2D eigenvalue weighted by Gasteiger charge is 2.65. The lowest BCUT2D eigenvalue weighted by Gasteiger charge is -2.32. The minimum absolute atomic E-state index is 0.0653. The Bertz CT molecular complexity index is 4590. The quantitative estimate of drug-likeness (QED) is 0.0613. The number of esters is 2. The van der Waals surface area contributed by atoms with E-state index >= 15 is 9.59 Å². The number of anilines is 2. The number of pyridine rings is 2. The molecule has 8 aliphatic carbocycles. The summed E-state index contributed by atoms with van der Waals surface area (Å²) in [6.45, 7) is 11.7. The Balaban J connectivity index is 0.000000185. The van der Waals surface area contributed by atoms with E-state index in [0.717, 1.165) is 72.9 Å². The molecule has 2 saturated heterocycles. The van der Waals surface area contributed by atoms with E-state index < -0.39 is 100 Å². The van der Waals surface area contributed by atoms with E-state index in [-0.39, 0.29) is 123 Å².